The molecule has 3 aromatic heterocycles. The Kier molecular flexibility index (Phi) is 2.90. The molecule has 5 N–H and O–H groups in total. The van der Waals surface area contributed by atoms with Crippen molar-refractivity contribution in [2.24, 2.45) is 0 Å². The van der Waals surface area contributed by atoms with Crippen LogP contribution in [0, 0.1) is 0 Å². The lowest BCUT2D eigenvalue weighted by molar-refractivity contribution is -0.114. The van der Waals surface area contributed by atoms with Crippen LogP contribution in [-0.4, -0.2) is 25.3 Å². The summed E-state index contributed by atoms with van der Waals surface area (Å²) in [7, 11) is 0. The van der Waals surface area contributed by atoms with E-state index in [4.69, 9.17) is 11.5 Å². The lowest BCUT2D eigenvalue weighted by atomic mass is 10.1. The van der Waals surface area contributed by atoms with Crippen molar-refractivity contribution in [1.82, 2.24) is 19.4 Å². The van der Waals surface area contributed by atoms with Crippen LogP contribution in [0.5, 0.6) is 0 Å². The topological polar surface area (TPSA) is 124 Å². The number of hydrogen-bond donors (Lipinski definition) is 3. The van der Waals surface area contributed by atoms with Gasteiger partial charge in [0.2, 0.25) is 11.9 Å². The first-order chi connectivity index (χ1) is 10.0. The van der Waals surface area contributed by atoms with Gasteiger partial charge in [-0.2, -0.15) is 4.98 Å². The Morgan fingerprint density at radius 3 is 2.76 bits per heavy atom. The summed E-state index contributed by atoms with van der Waals surface area (Å²) in [5.41, 5.74) is 13.6. The monoisotopic (exact) mass is 283 g/mol. The smallest absolute Gasteiger partial charge is 0.222 e. The number of nitrogens with zero attached hydrogens (tertiary/aromatic N) is 4. The molecule has 8 heteroatoms. The molecule has 0 aliphatic carbocycles. The Bertz CT molecular complexity index is 840. The Labute approximate surface area is 119 Å². The normalized spacial score (nSPS) is 10.7. The molecule has 3 aromatic rings. The van der Waals surface area contributed by atoms with Gasteiger partial charge in [-0.05, 0) is 12.1 Å². The molecular formula is C13H13N7O. The molecule has 0 saturated heterocycles. The molecule has 0 radical (unpaired) electrons. The Morgan fingerprint density at radius 2 is 2.05 bits per heavy atom. The zero-order chi connectivity index (χ0) is 15.0. The fourth-order valence-electron chi connectivity index (χ4n) is 2.02. The minimum atomic E-state index is -0.171. The average molecular weight is 283 g/mol. The van der Waals surface area contributed by atoms with Gasteiger partial charge in [0.1, 0.15) is 11.5 Å². The van der Waals surface area contributed by atoms with Crippen LogP contribution in [0.3, 0.4) is 0 Å². The van der Waals surface area contributed by atoms with E-state index in [2.05, 4.69) is 20.3 Å². The summed E-state index contributed by atoms with van der Waals surface area (Å²) < 4.78 is 1.79. The third-order valence-corrected chi connectivity index (χ3v) is 2.90. The van der Waals surface area contributed by atoms with Gasteiger partial charge in [0.25, 0.3) is 0 Å². The van der Waals surface area contributed by atoms with Gasteiger partial charge in [-0.15, -0.1) is 0 Å². The van der Waals surface area contributed by atoms with Crippen molar-refractivity contribution >= 4 is 29.1 Å². The largest absolute Gasteiger partial charge is 0.383 e. The van der Waals surface area contributed by atoms with Gasteiger partial charge in [-0.25, -0.2) is 9.97 Å². The van der Waals surface area contributed by atoms with Crippen molar-refractivity contribution in [3.05, 3.63) is 30.7 Å². The molecule has 0 unspecified atom stereocenters. The molecule has 0 spiro atoms. The zero-order valence-electron chi connectivity index (χ0n) is 11.2. The number of nitrogens with two attached hydrogens (primary N) is 2. The maximum Gasteiger partial charge on any atom is 0.222 e. The van der Waals surface area contributed by atoms with E-state index in [0.29, 0.717) is 22.8 Å². The summed E-state index contributed by atoms with van der Waals surface area (Å²) in [5, 5.41) is 2.64. The van der Waals surface area contributed by atoms with Crippen molar-refractivity contribution in [2.75, 3.05) is 16.8 Å². The standard InChI is InChI=1S/C13H13N7O/c1-7(21)17-10-6-20-5-8(2-3-11(20)18-10)9-4-16-13(15)19-12(9)14/h2-6H,1H3,(H,17,21)(H4,14,15,16,19). The molecule has 0 aliphatic heterocycles. The van der Waals surface area contributed by atoms with Crippen molar-refractivity contribution in [1.29, 1.82) is 0 Å². The van der Waals surface area contributed by atoms with Gasteiger partial charge >= 0.3 is 0 Å². The second-order valence-electron chi connectivity index (χ2n) is 4.52. The number of pyridine rings is 1. The first-order valence-corrected chi connectivity index (χ1v) is 6.17. The highest BCUT2D eigenvalue weighted by atomic mass is 16.1. The molecule has 21 heavy (non-hydrogen) atoms. The predicted octanol–water partition coefficient (Wildman–Crippen LogP) is 0.914. The third kappa shape index (κ3) is 2.46. The molecule has 0 bridgehead atoms. The molecule has 0 fully saturated rings. The number of nitrogen functional groups attached to an aromatic ring is 2. The summed E-state index contributed by atoms with van der Waals surface area (Å²) >= 11 is 0. The lowest BCUT2D eigenvalue weighted by Crippen LogP contribution is -2.05. The Balaban J connectivity index is 2.06. The molecule has 106 valence electrons. The summed E-state index contributed by atoms with van der Waals surface area (Å²) in [6.45, 7) is 1.43. The second-order valence-corrected chi connectivity index (χ2v) is 4.52. The van der Waals surface area contributed by atoms with Gasteiger partial charge in [0, 0.05) is 30.4 Å². The number of carbonyl (C=O) groups is 1. The number of imidazole rings is 1. The highest BCUT2D eigenvalue weighted by Gasteiger charge is 2.08. The molecular weight excluding hydrogens is 270 g/mol. The molecule has 3 rings (SSSR count). The van der Waals surface area contributed by atoms with Crippen LogP contribution in [0.4, 0.5) is 17.6 Å². The number of carbonyl (C=O) groups excluding carboxylic acids is 1. The second kappa shape index (κ2) is 4.75. The lowest BCUT2D eigenvalue weighted by Gasteiger charge is -2.05. The fourth-order valence-corrected chi connectivity index (χ4v) is 2.02. The first-order valence-electron chi connectivity index (χ1n) is 6.17. The fraction of sp³-hybridized carbons (Fsp3) is 0.0769. The first kappa shape index (κ1) is 12.9. The maximum atomic E-state index is 11.0. The number of anilines is 3. The van der Waals surface area contributed by atoms with Crippen molar-refractivity contribution in [3.8, 4) is 11.1 Å². The van der Waals surface area contributed by atoms with Crippen molar-refractivity contribution in [3.63, 3.8) is 0 Å². The highest BCUT2D eigenvalue weighted by molar-refractivity contribution is 5.88. The maximum absolute atomic E-state index is 11.0. The Hall–Kier alpha value is -3.16. The van der Waals surface area contributed by atoms with E-state index in [0.717, 1.165) is 5.56 Å². The summed E-state index contributed by atoms with van der Waals surface area (Å²) in [5.74, 6) is 0.757. The summed E-state index contributed by atoms with van der Waals surface area (Å²) in [6, 6.07) is 3.67. The number of fused-ring (bicyclic) bond motifs is 1. The molecule has 1 amide bonds. The molecule has 0 aromatic carbocycles. The van der Waals surface area contributed by atoms with E-state index in [-0.39, 0.29) is 11.9 Å². The zero-order valence-corrected chi connectivity index (χ0v) is 11.2. The van der Waals surface area contributed by atoms with E-state index in [1.807, 2.05) is 18.3 Å². The van der Waals surface area contributed by atoms with Crippen LogP contribution in [0.25, 0.3) is 16.8 Å². The van der Waals surface area contributed by atoms with Crippen LogP contribution >= 0.6 is 0 Å². The Morgan fingerprint density at radius 1 is 1.24 bits per heavy atom. The minimum Gasteiger partial charge on any atom is -0.383 e. The number of aromatic nitrogens is 4. The van der Waals surface area contributed by atoms with E-state index in [1.54, 1.807) is 16.8 Å². The van der Waals surface area contributed by atoms with Crippen molar-refractivity contribution < 1.29 is 4.79 Å². The number of rotatable bonds is 2. The summed E-state index contributed by atoms with van der Waals surface area (Å²) in [4.78, 5) is 23.2. The van der Waals surface area contributed by atoms with E-state index >= 15 is 0 Å². The van der Waals surface area contributed by atoms with Crippen LogP contribution in [0.15, 0.2) is 30.7 Å². The minimum absolute atomic E-state index is 0.132. The van der Waals surface area contributed by atoms with E-state index in [1.165, 1.54) is 6.92 Å². The summed E-state index contributed by atoms with van der Waals surface area (Å²) in [6.07, 6.45) is 5.12. The van der Waals surface area contributed by atoms with Crippen LogP contribution in [0.2, 0.25) is 0 Å². The van der Waals surface area contributed by atoms with Gasteiger partial charge < -0.3 is 21.2 Å². The average Bonchev–Trinajstić information content (AvgIpc) is 2.78. The predicted molar refractivity (Wildman–Crippen MR) is 79.3 cm³/mol. The number of amides is 1. The quantitative estimate of drug-likeness (QED) is 0.642. The number of hydrogen-bond acceptors (Lipinski definition) is 6. The highest BCUT2D eigenvalue weighted by Crippen LogP contribution is 2.24. The van der Waals surface area contributed by atoms with E-state index < -0.39 is 0 Å². The molecule has 3 heterocycles. The van der Waals surface area contributed by atoms with Gasteiger partial charge in [0.15, 0.2) is 5.82 Å². The van der Waals surface area contributed by atoms with Gasteiger partial charge in [0.05, 0.1) is 6.20 Å². The van der Waals surface area contributed by atoms with Crippen LogP contribution < -0.4 is 16.8 Å². The van der Waals surface area contributed by atoms with E-state index in [9.17, 15) is 4.79 Å². The molecule has 0 saturated carbocycles. The molecule has 8 nitrogen and oxygen atoms in total. The van der Waals surface area contributed by atoms with Gasteiger partial charge in [-0.3, -0.25) is 4.79 Å². The third-order valence-electron chi connectivity index (χ3n) is 2.90. The van der Waals surface area contributed by atoms with Crippen molar-refractivity contribution in [2.45, 2.75) is 6.92 Å². The van der Waals surface area contributed by atoms with Crippen LogP contribution in [-0.2, 0) is 4.79 Å². The van der Waals surface area contributed by atoms with Crippen LogP contribution in [0.1, 0.15) is 6.92 Å². The van der Waals surface area contributed by atoms with Gasteiger partial charge in [-0.1, -0.05) is 0 Å². The SMILES string of the molecule is CC(=O)Nc1cn2cc(-c3cnc(N)nc3N)ccc2n1. The molecule has 0 atom stereocenters. The molecule has 0 aliphatic rings. The number of nitrogens with one attached hydrogen (secondary N) is 1.